The zero-order chi connectivity index (χ0) is 24.4. The largest absolute Gasteiger partial charge is 0.305 e. The van der Waals surface area contributed by atoms with Crippen molar-refractivity contribution in [1.82, 2.24) is 28.9 Å². The number of thioether (sulfide) groups is 1. The van der Waals surface area contributed by atoms with Crippen molar-refractivity contribution in [2.45, 2.75) is 29.4 Å². The van der Waals surface area contributed by atoms with Crippen LogP contribution in [0.1, 0.15) is 17.5 Å². The number of fused-ring (bicyclic) bond motifs is 1. The zero-order valence-corrected chi connectivity index (χ0v) is 22.7. The van der Waals surface area contributed by atoms with Crippen molar-refractivity contribution in [3.8, 4) is 11.4 Å². The van der Waals surface area contributed by atoms with Crippen molar-refractivity contribution in [3.05, 3.63) is 46.2 Å². The standard InChI is InChI=1S/C24H32N6O2S3/c1-27-10-12-30(13-11-27)35(31,32)22-5-4-19-6-9-29(17-21(19)16-22)8-3-14-34-24-26-25-23(28(24)2)20-7-15-33-18-20/h4-5,7,15-16,18H,3,6,8-14,17H2,1-2H3. The zero-order valence-electron chi connectivity index (χ0n) is 20.3. The van der Waals surface area contributed by atoms with E-state index in [0.717, 1.165) is 73.4 Å². The third-order valence-corrected chi connectivity index (χ3v) is 10.5. The van der Waals surface area contributed by atoms with E-state index in [1.54, 1.807) is 33.5 Å². The fourth-order valence-corrected chi connectivity index (χ4v) is 7.60. The predicted molar refractivity (Wildman–Crippen MR) is 141 cm³/mol. The first-order chi connectivity index (χ1) is 16.9. The van der Waals surface area contributed by atoms with Gasteiger partial charge in [-0.15, -0.1) is 10.2 Å². The summed E-state index contributed by atoms with van der Waals surface area (Å²) in [4.78, 5) is 5.03. The van der Waals surface area contributed by atoms with E-state index in [0.29, 0.717) is 18.0 Å². The number of benzene rings is 1. The molecule has 11 heteroatoms. The van der Waals surface area contributed by atoms with Gasteiger partial charge in [0.05, 0.1) is 4.90 Å². The molecule has 1 fully saturated rings. The monoisotopic (exact) mass is 532 g/mol. The summed E-state index contributed by atoms with van der Waals surface area (Å²) >= 11 is 3.40. The highest BCUT2D eigenvalue weighted by Crippen LogP contribution is 2.27. The number of likely N-dealkylation sites (N-methyl/N-ethyl adjacent to an activating group) is 1. The maximum atomic E-state index is 13.2. The molecule has 0 radical (unpaired) electrons. The molecular formula is C24H32N6O2S3. The summed E-state index contributed by atoms with van der Waals surface area (Å²) in [5.41, 5.74) is 3.53. The molecule has 0 amide bonds. The third-order valence-electron chi connectivity index (χ3n) is 6.83. The van der Waals surface area contributed by atoms with Crippen LogP contribution in [0.3, 0.4) is 0 Å². The van der Waals surface area contributed by atoms with Gasteiger partial charge in [0.25, 0.3) is 0 Å². The minimum atomic E-state index is -3.44. The molecule has 5 rings (SSSR count). The fraction of sp³-hybridized carbons (Fsp3) is 0.500. The Morgan fingerprint density at radius 2 is 1.86 bits per heavy atom. The first-order valence-corrected chi connectivity index (χ1v) is 15.4. The molecule has 1 aromatic carbocycles. The lowest BCUT2D eigenvalue weighted by atomic mass is 10.00. The van der Waals surface area contributed by atoms with Gasteiger partial charge in [0.1, 0.15) is 0 Å². The average molecular weight is 533 g/mol. The second-order valence-corrected chi connectivity index (χ2v) is 13.0. The van der Waals surface area contributed by atoms with Crippen molar-refractivity contribution < 1.29 is 8.42 Å². The van der Waals surface area contributed by atoms with E-state index in [2.05, 4.69) is 41.4 Å². The van der Waals surface area contributed by atoms with Gasteiger partial charge in [0.2, 0.25) is 10.0 Å². The number of nitrogens with zero attached hydrogens (tertiary/aromatic N) is 6. The Bertz CT molecular complexity index is 1250. The highest BCUT2D eigenvalue weighted by atomic mass is 32.2. The molecule has 0 bridgehead atoms. The van der Waals surface area contributed by atoms with Crippen LogP contribution in [-0.2, 0) is 30.0 Å². The molecule has 2 aliphatic rings. The first-order valence-electron chi connectivity index (χ1n) is 12.0. The summed E-state index contributed by atoms with van der Waals surface area (Å²) < 4.78 is 30.1. The molecule has 35 heavy (non-hydrogen) atoms. The third kappa shape index (κ3) is 5.50. The van der Waals surface area contributed by atoms with Crippen LogP contribution < -0.4 is 0 Å². The highest BCUT2D eigenvalue weighted by Gasteiger charge is 2.28. The first kappa shape index (κ1) is 24.9. The Morgan fingerprint density at radius 3 is 2.63 bits per heavy atom. The molecule has 2 aliphatic heterocycles. The molecule has 0 N–H and O–H groups in total. The van der Waals surface area contributed by atoms with Crippen LogP contribution in [0.4, 0.5) is 0 Å². The molecule has 0 aliphatic carbocycles. The quantitative estimate of drug-likeness (QED) is 0.326. The molecule has 2 aromatic heterocycles. The van der Waals surface area contributed by atoms with Crippen molar-refractivity contribution in [2.75, 3.05) is 52.1 Å². The van der Waals surface area contributed by atoms with E-state index >= 15 is 0 Å². The molecule has 0 spiro atoms. The Kier molecular flexibility index (Phi) is 7.61. The number of hydrogen-bond donors (Lipinski definition) is 0. The van der Waals surface area contributed by atoms with Crippen molar-refractivity contribution in [1.29, 1.82) is 0 Å². The smallest absolute Gasteiger partial charge is 0.243 e. The fourth-order valence-electron chi connectivity index (χ4n) is 4.66. The number of thiophene rings is 1. The summed E-state index contributed by atoms with van der Waals surface area (Å²) in [6, 6.07) is 7.79. The lowest BCUT2D eigenvalue weighted by molar-refractivity contribution is 0.222. The SMILES string of the molecule is CN1CCN(S(=O)(=O)c2ccc3c(c2)CN(CCCSc2nnc(-c4ccsc4)n2C)CC3)CC1. The molecule has 3 aromatic rings. The van der Waals surface area contributed by atoms with Crippen LogP contribution in [0.25, 0.3) is 11.4 Å². The number of hydrogen-bond acceptors (Lipinski definition) is 8. The molecule has 8 nitrogen and oxygen atoms in total. The van der Waals surface area contributed by atoms with E-state index in [4.69, 9.17) is 0 Å². The van der Waals surface area contributed by atoms with Gasteiger partial charge in [0, 0.05) is 63.0 Å². The topological polar surface area (TPSA) is 74.6 Å². The lowest BCUT2D eigenvalue weighted by Gasteiger charge is -2.32. The van der Waals surface area contributed by atoms with Crippen LogP contribution >= 0.6 is 23.1 Å². The molecule has 0 unspecified atom stereocenters. The summed E-state index contributed by atoms with van der Waals surface area (Å²) in [7, 11) is 0.616. The van der Waals surface area contributed by atoms with Crippen LogP contribution in [0.5, 0.6) is 0 Å². The van der Waals surface area contributed by atoms with E-state index in [1.807, 2.05) is 26.2 Å². The minimum absolute atomic E-state index is 0.432. The molecule has 0 saturated carbocycles. The molecule has 4 heterocycles. The summed E-state index contributed by atoms with van der Waals surface area (Å²) in [6.45, 7) is 5.46. The maximum absolute atomic E-state index is 13.2. The summed E-state index contributed by atoms with van der Waals surface area (Å²) in [5.74, 6) is 1.88. The second kappa shape index (κ2) is 10.7. The van der Waals surface area contributed by atoms with Gasteiger partial charge in [-0.3, -0.25) is 4.90 Å². The van der Waals surface area contributed by atoms with Crippen LogP contribution in [0.2, 0.25) is 0 Å². The van der Waals surface area contributed by atoms with E-state index in [1.165, 1.54) is 5.56 Å². The summed E-state index contributed by atoms with van der Waals surface area (Å²) in [5, 5.41) is 13.8. The predicted octanol–water partition coefficient (Wildman–Crippen LogP) is 3.02. The Morgan fingerprint density at radius 1 is 1.03 bits per heavy atom. The Hall–Kier alpha value is -1.76. The second-order valence-electron chi connectivity index (χ2n) is 9.24. The van der Waals surface area contributed by atoms with Crippen LogP contribution in [-0.4, -0.2) is 89.4 Å². The van der Waals surface area contributed by atoms with E-state index < -0.39 is 10.0 Å². The normalized spacial score (nSPS) is 18.1. The number of piperazine rings is 1. The van der Waals surface area contributed by atoms with Gasteiger partial charge in [-0.05, 0) is 61.1 Å². The highest BCUT2D eigenvalue weighted by molar-refractivity contribution is 7.99. The van der Waals surface area contributed by atoms with E-state index in [9.17, 15) is 8.42 Å². The molecule has 1 saturated heterocycles. The summed E-state index contributed by atoms with van der Waals surface area (Å²) in [6.07, 6.45) is 2.00. The number of sulfonamides is 1. The molecule has 0 atom stereocenters. The van der Waals surface area contributed by atoms with Gasteiger partial charge < -0.3 is 9.47 Å². The van der Waals surface area contributed by atoms with Gasteiger partial charge >= 0.3 is 0 Å². The average Bonchev–Trinajstić information content (AvgIpc) is 3.51. The van der Waals surface area contributed by atoms with Crippen molar-refractivity contribution >= 4 is 33.1 Å². The van der Waals surface area contributed by atoms with Gasteiger partial charge in [-0.2, -0.15) is 15.6 Å². The maximum Gasteiger partial charge on any atom is 0.243 e. The molecule has 188 valence electrons. The number of rotatable bonds is 8. The molecular weight excluding hydrogens is 501 g/mol. The van der Waals surface area contributed by atoms with Crippen molar-refractivity contribution in [2.24, 2.45) is 7.05 Å². The van der Waals surface area contributed by atoms with Gasteiger partial charge in [-0.25, -0.2) is 8.42 Å². The Labute approximate surface area is 216 Å². The Balaban J connectivity index is 1.16. The number of aromatic nitrogens is 3. The van der Waals surface area contributed by atoms with E-state index in [-0.39, 0.29) is 0 Å². The van der Waals surface area contributed by atoms with Crippen LogP contribution in [0.15, 0.2) is 45.1 Å². The van der Waals surface area contributed by atoms with Gasteiger partial charge in [0.15, 0.2) is 11.0 Å². The van der Waals surface area contributed by atoms with Gasteiger partial charge in [-0.1, -0.05) is 17.8 Å². The lowest BCUT2D eigenvalue weighted by Crippen LogP contribution is -2.47. The van der Waals surface area contributed by atoms with Crippen LogP contribution in [0, 0.1) is 0 Å². The van der Waals surface area contributed by atoms with Crippen molar-refractivity contribution in [3.63, 3.8) is 0 Å². The minimum Gasteiger partial charge on any atom is -0.305 e.